The van der Waals surface area contributed by atoms with Gasteiger partial charge in [-0.3, -0.25) is 9.59 Å². The largest absolute Gasteiger partial charge is 0.495 e. The topological polar surface area (TPSA) is 133 Å². The molecule has 2 heterocycles. The molecule has 0 fully saturated rings. The fraction of sp³-hybridized carbons (Fsp3) is 0.261. The first kappa shape index (κ1) is 24.8. The van der Waals surface area contributed by atoms with E-state index >= 15 is 0 Å². The van der Waals surface area contributed by atoms with Gasteiger partial charge in [0.15, 0.2) is 6.61 Å². The summed E-state index contributed by atoms with van der Waals surface area (Å²) in [6.07, 6.45) is 1.56. The third-order valence-electron chi connectivity index (χ3n) is 4.43. The molecule has 2 N–H and O–H groups in total. The number of carbonyl (C=O) groups is 3. The molecule has 3 rings (SSSR count). The second-order valence-corrected chi connectivity index (χ2v) is 8.14. The highest BCUT2D eigenvalue weighted by Crippen LogP contribution is 2.25. The average Bonchev–Trinajstić information content (AvgIpc) is 3.25. The van der Waals surface area contributed by atoms with Gasteiger partial charge in [0.25, 0.3) is 5.91 Å². The SMILES string of the molecule is COc1ccc(C)cc1NC(=O)CNC(=O)COC(=O)c1cccnc1SCc1cc(C)on1. The normalized spacial score (nSPS) is 10.4. The van der Waals surface area contributed by atoms with Crippen molar-refractivity contribution in [2.45, 2.75) is 24.6 Å². The van der Waals surface area contributed by atoms with Gasteiger partial charge in [-0.1, -0.05) is 23.0 Å². The molecule has 0 saturated carbocycles. The van der Waals surface area contributed by atoms with Gasteiger partial charge in [-0.2, -0.15) is 0 Å². The molecule has 0 aliphatic carbocycles. The molecule has 2 aromatic heterocycles. The third-order valence-corrected chi connectivity index (χ3v) is 5.47. The Morgan fingerprint density at radius 1 is 1.12 bits per heavy atom. The van der Waals surface area contributed by atoms with Crippen LogP contribution < -0.4 is 15.4 Å². The van der Waals surface area contributed by atoms with Crippen LogP contribution in [-0.4, -0.2) is 48.2 Å². The second-order valence-electron chi connectivity index (χ2n) is 7.18. The molecule has 2 amide bonds. The summed E-state index contributed by atoms with van der Waals surface area (Å²) >= 11 is 1.30. The number of rotatable bonds is 10. The lowest BCUT2D eigenvalue weighted by atomic mass is 10.2. The van der Waals surface area contributed by atoms with Crippen LogP contribution in [0.15, 0.2) is 52.1 Å². The number of esters is 1. The quantitative estimate of drug-likeness (QED) is 0.329. The maximum absolute atomic E-state index is 12.5. The van der Waals surface area contributed by atoms with Crippen molar-refractivity contribution in [2.75, 3.05) is 25.6 Å². The fourth-order valence-corrected chi connectivity index (χ4v) is 3.71. The summed E-state index contributed by atoms with van der Waals surface area (Å²) in [7, 11) is 1.50. The molecular weight excluding hydrogens is 460 g/mol. The predicted octanol–water partition coefficient (Wildman–Crippen LogP) is 2.90. The highest BCUT2D eigenvalue weighted by atomic mass is 32.2. The number of amides is 2. The van der Waals surface area contributed by atoms with E-state index in [-0.39, 0.29) is 12.1 Å². The number of methoxy groups -OCH3 is 1. The van der Waals surface area contributed by atoms with Crippen LogP contribution in [0.4, 0.5) is 5.69 Å². The first-order valence-corrected chi connectivity index (χ1v) is 11.2. The molecule has 0 unspecified atom stereocenters. The van der Waals surface area contributed by atoms with Gasteiger partial charge in [0.05, 0.1) is 30.6 Å². The number of anilines is 1. The number of nitrogens with one attached hydrogen (secondary N) is 2. The van der Waals surface area contributed by atoms with Gasteiger partial charge in [0, 0.05) is 18.0 Å². The highest BCUT2D eigenvalue weighted by molar-refractivity contribution is 7.98. The van der Waals surface area contributed by atoms with E-state index in [2.05, 4.69) is 20.8 Å². The minimum atomic E-state index is -0.698. The number of thioether (sulfide) groups is 1. The van der Waals surface area contributed by atoms with Crippen LogP contribution in [-0.2, 0) is 20.1 Å². The van der Waals surface area contributed by atoms with Crippen LogP contribution in [0.25, 0.3) is 0 Å². The van der Waals surface area contributed by atoms with Crippen LogP contribution in [0.2, 0.25) is 0 Å². The lowest BCUT2D eigenvalue weighted by Gasteiger charge is -2.12. The Balaban J connectivity index is 1.47. The Hall–Kier alpha value is -3.86. The van der Waals surface area contributed by atoms with Crippen molar-refractivity contribution in [1.29, 1.82) is 0 Å². The number of pyridine rings is 1. The van der Waals surface area contributed by atoms with Crippen LogP contribution in [0.1, 0.15) is 27.4 Å². The molecule has 11 heteroatoms. The number of aromatic nitrogens is 2. The number of hydrogen-bond acceptors (Lipinski definition) is 9. The van der Waals surface area contributed by atoms with Gasteiger partial charge in [0.1, 0.15) is 16.5 Å². The van der Waals surface area contributed by atoms with Crippen molar-refractivity contribution in [2.24, 2.45) is 0 Å². The van der Waals surface area contributed by atoms with E-state index in [9.17, 15) is 14.4 Å². The Morgan fingerprint density at radius 3 is 2.68 bits per heavy atom. The molecule has 0 radical (unpaired) electrons. The summed E-state index contributed by atoms with van der Waals surface area (Å²) in [5.41, 5.74) is 2.38. The molecule has 0 atom stereocenters. The van der Waals surface area contributed by atoms with Gasteiger partial charge < -0.3 is 24.6 Å². The van der Waals surface area contributed by atoms with E-state index in [1.165, 1.54) is 18.9 Å². The minimum absolute atomic E-state index is 0.227. The Labute approximate surface area is 200 Å². The zero-order chi connectivity index (χ0) is 24.5. The third kappa shape index (κ3) is 7.07. The molecule has 0 spiro atoms. The first-order chi connectivity index (χ1) is 16.4. The van der Waals surface area contributed by atoms with E-state index in [1.807, 2.05) is 13.0 Å². The summed E-state index contributed by atoms with van der Waals surface area (Å²) in [6.45, 7) is 2.84. The minimum Gasteiger partial charge on any atom is -0.495 e. The van der Waals surface area contributed by atoms with E-state index in [4.69, 9.17) is 14.0 Å². The number of nitrogens with zero attached hydrogens (tertiary/aromatic N) is 2. The van der Waals surface area contributed by atoms with Crippen LogP contribution in [0, 0.1) is 13.8 Å². The summed E-state index contributed by atoms with van der Waals surface area (Å²) in [6, 6.07) is 10.3. The molecule has 0 bridgehead atoms. The number of carbonyl (C=O) groups excluding carboxylic acids is 3. The standard InChI is InChI=1S/C23H24N4O6S/c1-14-6-7-19(31-3)18(9-14)26-20(28)11-25-21(29)12-32-23(30)17-5-4-8-24-22(17)34-13-16-10-15(2)33-27-16/h4-10H,11-13H2,1-3H3,(H,25,29)(H,26,28). The van der Waals surface area contributed by atoms with Crippen molar-refractivity contribution < 1.29 is 28.4 Å². The maximum atomic E-state index is 12.5. The lowest BCUT2D eigenvalue weighted by Crippen LogP contribution is -2.35. The van der Waals surface area contributed by atoms with Crippen LogP contribution >= 0.6 is 11.8 Å². The number of hydrogen-bond donors (Lipinski definition) is 2. The zero-order valence-corrected chi connectivity index (χ0v) is 19.7. The van der Waals surface area contributed by atoms with E-state index in [0.29, 0.717) is 33.7 Å². The predicted molar refractivity (Wildman–Crippen MR) is 125 cm³/mol. The number of benzene rings is 1. The molecule has 1 aromatic carbocycles. The zero-order valence-electron chi connectivity index (χ0n) is 18.9. The van der Waals surface area contributed by atoms with Gasteiger partial charge in [-0.25, -0.2) is 9.78 Å². The molecule has 0 saturated heterocycles. The molecule has 178 valence electrons. The van der Waals surface area contributed by atoms with Crippen molar-refractivity contribution in [3.05, 3.63) is 65.2 Å². The molecule has 10 nitrogen and oxygen atoms in total. The van der Waals surface area contributed by atoms with E-state index < -0.39 is 24.4 Å². The van der Waals surface area contributed by atoms with Crippen LogP contribution in [0.3, 0.4) is 0 Å². The van der Waals surface area contributed by atoms with Crippen molar-refractivity contribution >= 4 is 35.2 Å². The maximum Gasteiger partial charge on any atom is 0.341 e. The molecule has 0 aliphatic heterocycles. The van der Waals surface area contributed by atoms with E-state index in [0.717, 1.165) is 5.56 Å². The fourth-order valence-electron chi connectivity index (χ4n) is 2.84. The summed E-state index contributed by atoms with van der Waals surface area (Å²) in [5, 5.41) is 9.44. The summed E-state index contributed by atoms with van der Waals surface area (Å²) < 4.78 is 15.3. The molecular formula is C23H24N4O6S. The lowest BCUT2D eigenvalue weighted by molar-refractivity contribution is -0.126. The van der Waals surface area contributed by atoms with Crippen molar-refractivity contribution in [3.8, 4) is 5.75 Å². The molecule has 34 heavy (non-hydrogen) atoms. The van der Waals surface area contributed by atoms with Crippen molar-refractivity contribution in [1.82, 2.24) is 15.5 Å². The molecule has 3 aromatic rings. The van der Waals surface area contributed by atoms with Gasteiger partial charge >= 0.3 is 5.97 Å². The Morgan fingerprint density at radius 2 is 1.94 bits per heavy atom. The van der Waals surface area contributed by atoms with Gasteiger partial charge in [0.2, 0.25) is 5.91 Å². The molecule has 0 aliphatic rings. The number of aryl methyl sites for hydroxylation is 2. The Bertz CT molecular complexity index is 1180. The van der Waals surface area contributed by atoms with Gasteiger partial charge in [-0.15, -0.1) is 0 Å². The van der Waals surface area contributed by atoms with Crippen LogP contribution in [0.5, 0.6) is 5.75 Å². The first-order valence-electron chi connectivity index (χ1n) is 10.2. The van der Waals surface area contributed by atoms with Gasteiger partial charge in [-0.05, 0) is 43.7 Å². The average molecular weight is 485 g/mol. The summed E-state index contributed by atoms with van der Waals surface area (Å²) in [4.78, 5) is 41.0. The summed E-state index contributed by atoms with van der Waals surface area (Å²) in [5.74, 6) is -0.114. The smallest absolute Gasteiger partial charge is 0.341 e. The van der Waals surface area contributed by atoms with E-state index in [1.54, 1.807) is 43.5 Å². The Kier molecular flexibility index (Phi) is 8.63. The number of ether oxygens (including phenoxy) is 2. The second kappa shape index (κ2) is 11.8. The monoisotopic (exact) mass is 484 g/mol. The van der Waals surface area contributed by atoms with Crippen molar-refractivity contribution in [3.63, 3.8) is 0 Å². The highest BCUT2D eigenvalue weighted by Gasteiger charge is 2.17.